The van der Waals surface area contributed by atoms with E-state index in [9.17, 15) is 14.4 Å². The summed E-state index contributed by atoms with van der Waals surface area (Å²) in [6.45, 7) is 2.79. The van der Waals surface area contributed by atoms with E-state index < -0.39 is 0 Å². The van der Waals surface area contributed by atoms with Crippen LogP contribution in [0.5, 0.6) is 6.01 Å². The number of pyridine rings is 2. The molecule has 0 spiro atoms. The van der Waals surface area contributed by atoms with Gasteiger partial charge in [0.1, 0.15) is 5.82 Å². The lowest BCUT2D eigenvalue weighted by Gasteiger charge is -2.21. The summed E-state index contributed by atoms with van der Waals surface area (Å²) in [5.41, 5.74) is 3.54. The van der Waals surface area contributed by atoms with Crippen molar-refractivity contribution >= 4 is 23.4 Å². The third kappa shape index (κ3) is 4.15. The summed E-state index contributed by atoms with van der Waals surface area (Å²) in [5.74, 6) is 0.319. The van der Waals surface area contributed by atoms with Crippen molar-refractivity contribution in [2.75, 3.05) is 37.0 Å². The Morgan fingerprint density at radius 2 is 1.82 bits per heavy atom. The van der Waals surface area contributed by atoms with Gasteiger partial charge in [-0.15, -0.1) is 5.10 Å². The molecule has 3 amide bonds. The van der Waals surface area contributed by atoms with Crippen LogP contribution in [0.3, 0.4) is 0 Å². The first-order valence-electron chi connectivity index (χ1n) is 11.9. The first-order chi connectivity index (χ1) is 18.3. The minimum absolute atomic E-state index is 0.160. The van der Waals surface area contributed by atoms with Crippen LogP contribution in [0.2, 0.25) is 0 Å². The van der Waals surface area contributed by atoms with Crippen LogP contribution in [0.25, 0.3) is 16.9 Å². The number of benzene rings is 1. The maximum absolute atomic E-state index is 13.4. The molecular formula is C26H26N8O4. The molecule has 1 saturated heterocycles. The number of hydrogen-bond donors (Lipinski definition) is 1. The molecule has 0 atom stereocenters. The SMILES string of the molecule is CNC(=O)c1cccc(N2CCN(c3nccc(-c4ccc(-n5c(OC)nn(C)c5=O)cn4)c3C)C2=O)c1. The summed E-state index contributed by atoms with van der Waals surface area (Å²) in [4.78, 5) is 50.2. The van der Waals surface area contributed by atoms with E-state index in [2.05, 4.69) is 20.4 Å². The number of urea groups is 1. The van der Waals surface area contributed by atoms with Gasteiger partial charge in [-0.25, -0.2) is 23.8 Å². The fourth-order valence-electron chi connectivity index (χ4n) is 4.48. The molecule has 5 rings (SSSR count). The molecule has 0 aliphatic carbocycles. The third-order valence-electron chi connectivity index (χ3n) is 6.45. The van der Waals surface area contributed by atoms with Crippen molar-refractivity contribution in [2.45, 2.75) is 6.92 Å². The van der Waals surface area contributed by atoms with Gasteiger partial charge in [0.25, 0.3) is 5.91 Å². The van der Waals surface area contributed by atoms with Crippen LogP contribution < -0.4 is 25.5 Å². The molecule has 4 heterocycles. The number of nitrogens with zero attached hydrogens (tertiary/aromatic N) is 7. The average molecular weight is 515 g/mol. The summed E-state index contributed by atoms with van der Waals surface area (Å²) >= 11 is 0. The van der Waals surface area contributed by atoms with E-state index in [0.29, 0.717) is 41.5 Å². The van der Waals surface area contributed by atoms with E-state index in [4.69, 9.17) is 4.74 Å². The Kier molecular flexibility index (Phi) is 6.37. The number of nitrogens with one attached hydrogen (secondary N) is 1. The third-order valence-corrected chi connectivity index (χ3v) is 6.45. The van der Waals surface area contributed by atoms with Crippen molar-refractivity contribution in [1.29, 1.82) is 0 Å². The van der Waals surface area contributed by atoms with Gasteiger partial charge >= 0.3 is 17.7 Å². The largest absolute Gasteiger partial charge is 0.467 e. The lowest BCUT2D eigenvalue weighted by Crippen LogP contribution is -2.33. The van der Waals surface area contributed by atoms with Gasteiger partial charge in [0.15, 0.2) is 0 Å². The highest BCUT2D eigenvalue weighted by Crippen LogP contribution is 2.31. The van der Waals surface area contributed by atoms with Crippen molar-refractivity contribution in [3.8, 4) is 23.0 Å². The van der Waals surface area contributed by atoms with Crippen LogP contribution in [0.15, 0.2) is 59.7 Å². The quantitative estimate of drug-likeness (QED) is 0.418. The maximum Gasteiger partial charge on any atom is 0.353 e. The summed E-state index contributed by atoms with van der Waals surface area (Å²) in [6, 6.07) is 12.3. The Morgan fingerprint density at radius 1 is 1.03 bits per heavy atom. The van der Waals surface area contributed by atoms with Crippen molar-refractivity contribution in [3.63, 3.8) is 0 Å². The first kappa shape index (κ1) is 24.7. The van der Waals surface area contributed by atoms with E-state index in [1.165, 1.54) is 16.4 Å². The average Bonchev–Trinajstić information content (AvgIpc) is 3.46. The molecule has 12 nitrogen and oxygen atoms in total. The fourth-order valence-corrected chi connectivity index (χ4v) is 4.48. The Labute approximate surface area is 218 Å². The predicted molar refractivity (Wildman–Crippen MR) is 141 cm³/mol. The zero-order valence-electron chi connectivity index (χ0n) is 21.4. The summed E-state index contributed by atoms with van der Waals surface area (Å²) in [6.07, 6.45) is 3.21. The van der Waals surface area contributed by atoms with Gasteiger partial charge in [0, 0.05) is 55.8 Å². The fraction of sp³-hybridized carbons (Fsp3) is 0.231. The number of hydrogen-bond acceptors (Lipinski definition) is 7. The number of amides is 3. The van der Waals surface area contributed by atoms with Crippen molar-refractivity contribution < 1.29 is 14.3 Å². The number of ether oxygens (including phenoxy) is 1. The molecule has 1 fully saturated rings. The van der Waals surface area contributed by atoms with Gasteiger partial charge in [-0.1, -0.05) is 6.07 Å². The van der Waals surface area contributed by atoms with Gasteiger partial charge < -0.3 is 10.1 Å². The Morgan fingerprint density at radius 3 is 2.53 bits per heavy atom. The van der Waals surface area contributed by atoms with Gasteiger partial charge in [-0.2, -0.15) is 0 Å². The van der Waals surface area contributed by atoms with Gasteiger partial charge in [-0.05, 0) is 43.3 Å². The standard InChI is InChI=1S/C26H26N8O4/c1-16-20(21-9-8-19(15-29-21)34-24(38-4)30-31(3)25(34)36)10-11-28-22(16)33-13-12-32(26(33)37)18-7-5-6-17(14-18)23(35)27-2/h5-11,14-15H,12-13H2,1-4H3,(H,27,35). The second-order valence-electron chi connectivity index (χ2n) is 8.65. The van der Waals surface area contributed by atoms with E-state index in [0.717, 1.165) is 11.1 Å². The molecule has 12 heteroatoms. The van der Waals surface area contributed by atoms with E-state index in [-0.39, 0.29) is 23.6 Å². The molecule has 1 aliphatic rings. The number of aromatic nitrogens is 5. The maximum atomic E-state index is 13.4. The number of anilines is 2. The summed E-state index contributed by atoms with van der Waals surface area (Å²) < 4.78 is 7.74. The lowest BCUT2D eigenvalue weighted by atomic mass is 10.1. The molecule has 1 aliphatic heterocycles. The molecule has 0 radical (unpaired) electrons. The summed E-state index contributed by atoms with van der Waals surface area (Å²) in [7, 11) is 4.56. The predicted octanol–water partition coefficient (Wildman–Crippen LogP) is 2.15. The molecule has 0 saturated carbocycles. The molecule has 0 unspecified atom stereocenters. The van der Waals surface area contributed by atoms with Crippen LogP contribution in [-0.2, 0) is 7.05 Å². The topological polar surface area (TPSA) is 127 Å². The molecule has 38 heavy (non-hydrogen) atoms. The second-order valence-corrected chi connectivity index (χ2v) is 8.65. The van der Waals surface area contributed by atoms with Crippen molar-refractivity contribution in [3.05, 3.63) is 76.5 Å². The number of methoxy groups -OCH3 is 1. The Hall–Kier alpha value is -5.00. The zero-order chi connectivity index (χ0) is 27.0. The molecule has 4 aromatic rings. The van der Waals surface area contributed by atoms with Gasteiger partial charge in [0.05, 0.1) is 24.7 Å². The number of carbonyl (C=O) groups is 2. The number of rotatable bonds is 6. The van der Waals surface area contributed by atoms with Crippen LogP contribution in [0.4, 0.5) is 16.3 Å². The van der Waals surface area contributed by atoms with Gasteiger partial charge in [0.2, 0.25) is 0 Å². The Balaban J connectivity index is 1.43. The van der Waals surface area contributed by atoms with Gasteiger partial charge in [-0.3, -0.25) is 19.6 Å². The van der Waals surface area contributed by atoms with E-state index >= 15 is 0 Å². The van der Waals surface area contributed by atoms with Crippen LogP contribution in [0.1, 0.15) is 15.9 Å². The molecule has 0 bridgehead atoms. The van der Waals surface area contributed by atoms with Crippen LogP contribution in [0, 0.1) is 6.92 Å². The number of carbonyl (C=O) groups excluding carboxylic acids is 2. The first-order valence-corrected chi connectivity index (χ1v) is 11.9. The lowest BCUT2D eigenvalue weighted by molar-refractivity contribution is 0.0963. The summed E-state index contributed by atoms with van der Waals surface area (Å²) in [5, 5.41) is 6.66. The Bertz CT molecular complexity index is 1590. The smallest absolute Gasteiger partial charge is 0.353 e. The molecule has 194 valence electrons. The second kappa shape index (κ2) is 9.81. The molecule has 1 aromatic carbocycles. The van der Waals surface area contributed by atoms with Crippen LogP contribution >= 0.6 is 0 Å². The minimum atomic E-state index is -0.350. The highest BCUT2D eigenvalue weighted by Gasteiger charge is 2.33. The minimum Gasteiger partial charge on any atom is -0.467 e. The highest BCUT2D eigenvalue weighted by molar-refractivity contribution is 6.07. The number of aryl methyl sites for hydroxylation is 1. The zero-order valence-corrected chi connectivity index (χ0v) is 21.4. The molecular weight excluding hydrogens is 488 g/mol. The highest BCUT2D eigenvalue weighted by atomic mass is 16.5. The molecule has 1 N–H and O–H groups in total. The monoisotopic (exact) mass is 514 g/mol. The van der Waals surface area contributed by atoms with Crippen molar-refractivity contribution in [2.24, 2.45) is 7.05 Å². The van der Waals surface area contributed by atoms with E-state index in [1.807, 2.05) is 13.0 Å². The normalized spacial score (nSPS) is 13.2. The van der Waals surface area contributed by atoms with Crippen LogP contribution in [-0.4, -0.2) is 63.5 Å². The molecule has 3 aromatic heterocycles. The van der Waals surface area contributed by atoms with E-state index in [1.54, 1.807) is 72.7 Å². The van der Waals surface area contributed by atoms with Crippen molar-refractivity contribution in [1.82, 2.24) is 29.6 Å².